The van der Waals surface area contributed by atoms with E-state index in [9.17, 15) is 8.42 Å². The van der Waals surface area contributed by atoms with Crippen molar-refractivity contribution in [3.8, 4) is 6.07 Å². The van der Waals surface area contributed by atoms with E-state index in [1.165, 1.54) is 22.5 Å². The van der Waals surface area contributed by atoms with Crippen LogP contribution in [0, 0.1) is 11.3 Å². The summed E-state index contributed by atoms with van der Waals surface area (Å²) in [5, 5.41) is 12.4. The molecule has 1 aliphatic rings. The van der Waals surface area contributed by atoms with E-state index in [0.717, 1.165) is 0 Å². The Hall–Kier alpha value is -0.840. The first-order valence-corrected chi connectivity index (χ1v) is 7.70. The molecule has 5 nitrogen and oxygen atoms in total. The normalized spacial score (nSPS) is 19.9. The van der Waals surface area contributed by atoms with Gasteiger partial charge in [0, 0.05) is 25.7 Å². The van der Waals surface area contributed by atoms with Crippen molar-refractivity contribution in [3.63, 3.8) is 0 Å². The Kier molecular flexibility index (Phi) is 5.80. The van der Waals surface area contributed by atoms with Crippen molar-refractivity contribution in [2.24, 2.45) is 0 Å². The van der Waals surface area contributed by atoms with Crippen LogP contribution in [0.3, 0.4) is 0 Å². The van der Waals surface area contributed by atoms with E-state index in [-0.39, 0.29) is 33.9 Å². The van der Waals surface area contributed by atoms with Crippen molar-refractivity contribution in [1.82, 2.24) is 9.62 Å². The second-order valence-corrected chi connectivity index (χ2v) is 6.82. The molecule has 2 rings (SSSR count). The van der Waals surface area contributed by atoms with Crippen LogP contribution in [0.25, 0.3) is 0 Å². The summed E-state index contributed by atoms with van der Waals surface area (Å²) in [6, 6.07) is 6.21. The fourth-order valence-corrected chi connectivity index (χ4v) is 3.73. The van der Waals surface area contributed by atoms with Crippen molar-refractivity contribution in [2.75, 3.05) is 19.6 Å². The van der Waals surface area contributed by atoms with Gasteiger partial charge in [-0.05, 0) is 25.1 Å². The van der Waals surface area contributed by atoms with E-state index in [2.05, 4.69) is 5.32 Å². The summed E-state index contributed by atoms with van der Waals surface area (Å²) in [5.41, 5.74) is 0.172. The fraction of sp³-hybridized carbons (Fsp3) is 0.417. The van der Waals surface area contributed by atoms with Crippen molar-refractivity contribution < 1.29 is 8.42 Å². The number of hydrogen-bond acceptors (Lipinski definition) is 4. The summed E-state index contributed by atoms with van der Waals surface area (Å²) in [6.07, 6.45) is 0. The molecule has 110 valence electrons. The Bertz CT molecular complexity index is 628. The molecule has 0 aromatic heterocycles. The molecule has 0 bridgehead atoms. The van der Waals surface area contributed by atoms with Crippen molar-refractivity contribution >= 4 is 34.0 Å². The minimum Gasteiger partial charge on any atom is -0.312 e. The third-order valence-electron chi connectivity index (χ3n) is 3.03. The Morgan fingerprint density at radius 2 is 2.20 bits per heavy atom. The van der Waals surface area contributed by atoms with Crippen LogP contribution < -0.4 is 5.32 Å². The Balaban J connectivity index is 0.00000200. The fourth-order valence-electron chi connectivity index (χ4n) is 2.01. The maximum atomic E-state index is 12.5. The Morgan fingerprint density at radius 3 is 2.80 bits per heavy atom. The zero-order valence-electron chi connectivity index (χ0n) is 10.8. The van der Waals surface area contributed by atoms with E-state index in [4.69, 9.17) is 16.9 Å². The number of sulfonamides is 1. The molecule has 1 saturated heterocycles. The van der Waals surface area contributed by atoms with Gasteiger partial charge in [-0.3, -0.25) is 0 Å². The van der Waals surface area contributed by atoms with Gasteiger partial charge in [0.05, 0.1) is 15.5 Å². The zero-order valence-corrected chi connectivity index (χ0v) is 13.2. The van der Waals surface area contributed by atoms with Crippen molar-refractivity contribution in [3.05, 3.63) is 28.8 Å². The summed E-state index contributed by atoms with van der Waals surface area (Å²) in [5.74, 6) is 0. The third kappa shape index (κ3) is 3.43. The minimum atomic E-state index is -3.56. The van der Waals surface area contributed by atoms with Gasteiger partial charge >= 0.3 is 0 Å². The predicted octanol–water partition coefficient (Wildman–Crippen LogP) is 1.62. The summed E-state index contributed by atoms with van der Waals surface area (Å²) in [7, 11) is -3.56. The molecule has 1 unspecified atom stereocenters. The second-order valence-electron chi connectivity index (χ2n) is 4.47. The van der Waals surface area contributed by atoms with Crippen LogP contribution in [-0.4, -0.2) is 38.4 Å². The number of nitriles is 1. The first-order chi connectivity index (χ1) is 8.95. The van der Waals surface area contributed by atoms with Gasteiger partial charge in [-0.2, -0.15) is 9.57 Å². The highest BCUT2D eigenvalue weighted by Crippen LogP contribution is 2.23. The molecular weight excluding hydrogens is 321 g/mol. The first kappa shape index (κ1) is 17.2. The molecule has 0 radical (unpaired) electrons. The topological polar surface area (TPSA) is 73.2 Å². The average molecular weight is 336 g/mol. The largest absolute Gasteiger partial charge is 0.312 e. The number of piperazine rings is 1. The van der Waals surface area contributed by atoms with E-state index in [0.29, 0.717) is 19.6 Å². The molecule has 1 atom stereocenters. The third-order valence-corrected chi connectivity index (χ3v) is 5.22. The van der Waals surface area contributed by atoms with Crippen LogP contribution >= 0.6 is 24.0 Å². The molecule has 1 fully saturated rings. The molecule has 1 aromatic carbocycles. The van der Waals surface area contributed by atoms with E-state index < -0.39 is 10.0 Å². The lowest BCUT2D eigenvalue weighted by Crippen LogP contribution is -2.51. The van der Waals surface area contributed by atoms with Crippen LogP contribution in [0.5, 0.6) is 0 Å². The number of benzene rings is 1. The molecule has 0 amide bonds. The molecule has 1 aliphatic heterocycles. The molecule has 1 N–H and O–H groups in total. The van der Waals surface area contributed by atoms with Crippen LogP contribution in [0.4, 0.5) is 0 Å². The van der Waals surface area contributed by atoms with Gasteiger partial charge in [0.1, 0.15) is 6.07 Å². The monoisotopic (exact) mass is 335 g/mol. The molecule has 20 heavy (non-hydrogen) atoms. The van der Waals surface area contributed by atoms with E-state index in [1.54, 1.807) is 0 Å². The highest BCUT2D eigenvalue weighted by Gasteiger charge is 2.28. The van der Waals surface area contributed by atoms with Crippen LogP contribution in [0.2, 0.25) is 5.02 Å². The van der Waals surface area contributed by atoms with Crippen LogP contribution in [-0.2, 0) is 10.0 Å². The van der Waals surface area contributed by atoms with Gasteiger partial charge in [0.25, 0.3) is 0 Å². The number of rotatable bonds is 2. The SMILES string of the molecule is CC1CN(S(=O)(=O)c2ccc(Cl)c(C#N)c2)CCN1.Cl. The number of hydrogen-bond donors (Lipinski definition) is 1. The first-order valence-electron chi connectivity index (χ1n) is 5.88. The lowest BCUT2D eigenvalue weighted by molar-refractivity contribution is 0.310. The number of nitrogens with one attached hydrogen (secondary N) is 1. The van der Waals surface area contributed by atoms with Gasteiger partial charge in [0.2, 0.25) is 10.0 Å². The molecular formula is C12H15Cl2N3O2S. The quantitative estimate of drug-likeness (QED) is 0.891. The average Bonchev–Trinajstić information content (AvgIpc) is 2.39. The molecule has 8 heteroatoms. The number of nitrogens with zero attached hydrogens (tertiary/aromatic N) is 2. The van der Waals surface area contributed by atoms with Gasteiger partial charge in [-0.15, -0.1) is 12.4 Å². The molecule has 0 aliphatic carbocycles. The van der Waals surface area contributed by atoms with E-state index in [1.807, 2.05) is 13.0 Å². The maximum absolute atomic E-state index is 12.5. The van der Waals surface area contributed by atoms with Crippen molar-refractivity contribution in [1.29, 1.82) is 5.26 Å². The van der Waals surface area contributed by atoms with Crippen LogP contribution in [0.15, 0.2) is 23.1 Å². The summed E-state index contributed by atoms with van der Waals surface area (Å²) in [4.78, 5) is 0.113. The molecule has 0 spiro atoms. The summed E-state index contributed by atoms with van der Waals surface area (Å²) in [6.45, 7) is 3.41. The molecule has 1 heterocycles. The summed E-state index contributed by atoms with van der Waals surface area (Å²) < 4.78 is 26.3. The van der Waals surface area contributed by atoms with Gasteiger partial charge in [-0.25, -0.2) is 8.42 Å². The summed E-state index contributed by atoms with van der Waals surface area (Å²) >= 11 is 5.81. The maximum Gasteiger partial charge on any atom is 0.243 e. The minimum absolute atomic E-state index is 0. The highest BCUT2D eigenvalue weighted by molar-refractivity contribution is 7.89. The smallest absolute Gasteiger partial charge is 0.243 e. The Morgan fingerprint density at radius 1 is 1.50 bits per heavy atom. The zero-order chi connectivity index (χ0) is 14.0. The van der Waals surface area contributed by atoms with Crippen LogP contribution in [0.1, 0.15) is 12.5 Å². The van der Waals surface area contributed by atoms with Crippen molar-refractivity contribution in [2.45, 2.75) is 17.9 Å². The van der Waals surface area contributed by atoms with E-state index >= 15 is 0 Å². The van der Waals surface area contributed by atoms with Gasteiger partial charge in [-0.1, -0.05) is 11.6 Å². The lowest BCUT2D eigenvalue weighted by atomic mass is 10.2. The molecule has 0 saturated carbocycles. The standard InChI is InChI=1S/C12H14ClN3O2S.ClH/c1-9-8-16(5-4-15-9)19(17,18)11-2-3-12(13)10(6-11)7-14;/h2-3,6,9,15H,4-5,8H2,1H3;1H. The Labute approximate surface area is 130 Å². The second kappa shape index (κ2) is 6.74. The lowest BCUT2D eigenvalue weighted by Gasteiger charge is -2.31. The van der Waals surface area contributed by atoms with Gasteiger partial charge < -0.3 is 5.32 Å². The number of halogens is 2. The molecule has 1 aromatic rings. The predicted molar refractivity (Wildman–Crippen MR) is 79.6 cm³/mol. The highest BCUT2D eigenvalue weighted by atomic mass is 35.5. The van der Waals surface area contributed by atoms with Gasteiger partial charge in [0.15, 0.2) is 0 Å².